The molecule has 0 atom stereocenters. The minimum Gasteiger partial charge on any atom is -0.387 e. The number of aliphatic hydroxyl groups is 1. The number of H-pyrrole nitrogens is 1. The van der Waals surface area contributed by atoms with Crippen molar-refractivity contribution < 1.29 is 14.3 Å². The number of carbonyl (C=O) groups is 1. The Bertz CT molecular complexity index is 587. The number of rotatable bonds is 3. The van der Waals surface area contributed by atoms with Crippen LogP contribution >= 0.6 is 0 Å². The smallest absolute Gasteiger partial charge is 0.248 e. The highest BCUT2D eigenvalue weighted by Gasteiger charge is 2.25. The number of fused-ring (bicyclic) bond motifs is 1. The van der Waals surface area contributed by atoms with Gasteiger partial charge in [0.15, 0.2) is 0 Å². The Hall–Kier alpha value is -1.88. The normalized spacial score (nSPS) is 15.7. The Morgan fingerprint density at radius 2 is 2.30 bits per heavy atom. The van der Waals surface area contributed by atoms with Gasteiger partial charge in [0.1, 0.15) is 12.4 Å². The van der Waals surface area contributed by atoms with E-state index in [9.17, 15) is 9.18 Å². The molecule has 0 saturated carbocycles. The van der Waals surface area contributed by atoms with Gasteiger partial charge < -0.3 is 15.0 Å². The predicted octanol–water partition coefficient (Wildman–Crippen LogP) is 2.09. The van der Waals surface area contributed by atoms with Crippen LogP contribution in [0.5, 0.6) is 0 Å². The first-order valence-corrected chi connectivity index (χ1v) is 6.57. The fraction of sp³-hybridized carbons (Fsp3) is 0.400. The first-order valence-electron chi connectivity index (χ1n) is 6.57. The third kappa shape index (κ3) is 2.41. The highest BCUT2D eigenvalue weighted by Crippen LogP contribution is 2.31. The lowest BCUT2D eigenvalue weighted by Crippen LogP contribution is -2.37. The van der Waals surface area contributed by atoms with Crippen molar-refractivity contribution in [3.05, 3.63) is 40.7 Å². The highest BCUT2D eigenvalue weighted by atomic mass is 19.1. The summed E-state index contributed by atoms with van der Waals surface area (Å²) < 4.78 is 14.3. The van der Waals surface area contributed by atoms with E-state index in [1.807, 2.05) is 6.92 Å². The minimum atomic E-state index is -0.491. The number of hydrogen-bond acceptors (Lipinski definition) is 2. The number of allylic oxidation sites excluding steroid dienone is 2. The first kappa shape index (κ1) is 14.5. The van der Waals surface area contributed by atoms with Crippen LogP contribution in [0, 0.1) is 6.92 Å². The Kier molecular flexibility index (Phi) is 4.09. The van der Waals surface area contributed by atoms with Gasteiger partial charge in [-0.1, -0.05) is 12.7 Å². The van der Waals surface area contributed by atoms with E-state index < -0.39 is 6.61 Å². The third-order valence-electron chi connectivity index (χ3n) is 3.81. The number of nitrogens with one attached hydrogen (secondary N) is 1. The molecule has 1 amide bonds. The van der Waals surface area contributed by atoms with E-state index in [-0.39, 0.29) is 11.7 Å². The summed E-state index contributed by atoms with van der Waals surface area (Å²) in [4.78, 5) is 16.3. The van der Waals surface area contributed by atoms with Gasteiger partial charge in [-0.25, -0.2) is 4.39 Å². The van der Waals surface area contributed by atoms with Crippen LogP contribution in [-0.4, -0.2) is 34.0 Å². The number of aromatic nitrogens is 1. The number of amides is 1. The van der Waals surface area contributed by atoms with Gasteiger partial charge in [0.05, 0.1) is 5.69 Å². The number of hydrogen-bond donors (Lipinski definition) is 2. The van der Waals surface area contributed by atoms with Crippen molar-refractivity contribution in [2.24, 2.45) is 0 Å². The maximum Gasteiger partial charge on any atom is 0.248 e. The van der Waals surface area contributed by atoms with Crippen molar-refractivity contribution >= 4 is 11.7 Å². The Balaban J connectivity index is 2.38. The molecular weight excluding hydrogens is 259 g/mol. The second-order valence-corrected chi connectivity index (χ2v) is 5.01. The van der Waals surface area contributed by atoms with Gasteiger partial charge in [-0.2, -0.15) is 0 Å². The molecule has 0 unspecified atom stereocenters. The van der Waals surface area contributed by atoms with Gasteiger partial charge >= 0.3 is 0 Å². The molecule has 1 aliphatic heterocycles. The van der Waals surface area contributed by atoms with E-state index in [4.69, 9.17) is 5.11 Å². The second-order valence-electron chi connectivity index (χ2n) is 5.01. The summed E-state index contributed by atoms with van der Waals surface area (Å²) >= 11 is 0. The van der Waals surface area contributed by atoms with E-state index in [0.29, 0.717) is 30.8 Å². The van der Waals surface area contributed by atoms with Crippen molar-refractivity contribution in [1.29, 1.82) is 0 Å². The van der Waals surface area contributed by atoms with Crippen molar-refractivity contribution in [2.45, 2.75) is 26.8 Å². The molecule has 1 aliphatic rings. The molecular formula is C15H19FN2O2. The topological polar surface area (TPSA) is 56.3 Å². The Labute approximate surface area is 117 Å². The first-order chi connectivity index (χ1) is 9.49. The van der Waals surface area contributed by atoms with Gasteiger partial charge in [-0.15, -0.1) is 0 Å². The van der Waals surface area contributed by atoms with Crippen LogP contribution in [0.25, 0.3) is 5.83 Å². The van der Waals surface area contributed by atoms with Crippen LogP contribution in [0.2, 0.25) is 0 Å². The number of aromatic amines is 1. The molecule has 2 N–H and O–H groups in total. The molecule has 2 rings (SSSR count). The fourth-order valence-electron chi connectivity index (χ4n) is 2.46. The predicted molar refractivity (Wildman–Crippen MR) is 75.6 cm³/mol. The van der Waals surface area contributed by atoms with E-state index in [0.717, 1.165) is 16.8 Å². The summed E-state index contributed by atoms with van der Waals surface area (Å²) in [6.45, 7) is 7.55. The Morgan fingerprint density at radius 1 is 1.60 bits per heavy atom. The molecule has 20 heavy (non-hydrogen) atoms. The summed E-state index contributed by atoms with van der Waals surface area (Å²) in [6, 6.07) is 0. The van der Waals surface area contributed by atoms with Gasteiger partial charge in [-0.3, -0.25) is 4.79 Å². The summed E-state index contributed by atoms with van der Waals surface area (Å²) in [5, 5.41) is 8.92. The van der Waals surface area contributed by atoms with Crippen molar-refractivity contribution in [1.82, 2.24) is 9.88 Å². The van der Waals surface area contributed by atoms with E-state index in [1.54, 1.807) is 11.8 Å². The molecule has 0 aromatic carbocycles. The molecule has 1 aromatic heterocycles. The van der Waals surface area contributed by atoms with Crippen LogP contribution in [0.3, 0.4) is 0 Å². The SMILES string of the molecule is C=C/C(C)=C(\F)c1[nH]c2c(c1C)CN(C(=O)CO)CC2. The summed E-state index contributed by atoms with van der Waals surface area (Å²) in [7, 11) is 0. The largest absolute Gasteiger partial charge is 0.387 e. The molecule has 0 saturated heterocycles. The van der Waals surface area contributed by atoms with Gasteiger partial charge in [-0.05, 0) is 30.5 Å². The lowest BCUT2D eigenvalue weighted by Gasteiger charge is -2.26. The molecule has 0 fully saturated rings. The number of aliphatic hydroxyl groups excluding tert-OH is 1. The molecule has 0 bridgehead atoms. The fourth-order valence-corrected chi connectivity index (χ4v) is 2.46. The molecule has 0 aliphatic carbocycles. The maximum atomic E-state index is 14.3. The average Bonchev–Trinajstić information content (AvgIpc) is 2.81. The Morgan fingerprint density at radius 3 is 2.90 bits per heavy atom. The van der Waals surface area contributed by atoms with Gasteiger partial charge in [0.2, 0.25) is 5.91 Å². The molecule has 5 heteroatoms. The molecule has 0 spiro atoms. The van der Waals surface area contributed by atoms with Crippen molar-refractivity contribution in [2.75, 3.05) is 13.2 Å². The van der Waals surface area contributed by atoms with Crippen LogP contribution in [0.4, 0.5) is 4.39 Å². The van der Waals surface area contributed by atoms with Crippen LogP contribution in [-0.2, 0) is 17.8 Å². The lowest BCUT2D eigenvalue weighted by molar-refractivity contribution is -0.135. The van der Waals surface area contributed by atoms with E-state index in [1.165, 1.54) is 6.08 Å². The van der Waals surface area contributed by atoms with Crippen LogP contribution < -0.4 is 0 Å². The standard InChI is InChI=1S/C15H19FN2O2/c1-4-9(2)14(16)15-10(3)11-7-18(13(20)8-19)6-5-12(11)17-15/h4,17,19H,1,5-8H2,2-3H3/b14-9-. The summed E-state index contributed by atoms with van der Waals surface area (Å²) in [6.07, 6.45) is 2.12. The highest BCUT2D eigenvalue weighted by molar-refractivity contribution is 5.77. The van der Waals surface area contributed by atoms with E-state index >= 15 is 0 Å². The minimum absolute atomic E-state index is 0.295. The van der Waals surface area contributed by atoms with Crippen molar-refractivity contribution in [3.63, 3.8) is 0 Å². The van der Waals surface area contributed by atoms with Gasteiger partial charge in [0, 0.05) is 25.2 Å². The summed E-state index contributed by atoms with van der Waals surface area (Å²) in [5.74, 6) is -0.608. The molecule has 4 nitrogen and oxygen atoms in total. The number of halogens is 1. The third-order valence-corrected chi connectivity index (χ3v) is 3.81. The lowest BCUT2D eigenvalue weighted by atomic mass is 10.0. The molecule has 0 radical (unpaired) electrons. The molecule has 2 heterocycles. The quantitative estimate of drug-likeness (QED) is 0.832. The molecule has 1 aromatic rings. The average molecular weight is 278 g/mol. The zero-order valence-corrected chi connectivity index (χ0v) is 11.8. The van der Waals surface area contributed by atoms with Gasteiger partial charge in [0.25, 0.3) is 0 Å². The molecule has 108 valence electrons. The van der Waals surface area contributed by atoms with Crippen molar-refractivity contribution in [3.8, 4) is 0 Å². The zero-order valence-electron chi connectivity index (χ0n) is 11.8. The monoisotopic (exact) mass is 278 g/mol. The zero-order chi connectivity index (χ0) is 14.9. The summed E-state index contributed by atoms with van der Waals surface area (Å²) in [5.41, 5.74) is 3.67. The number of nitrogens with zero attached hydrogens (tertiary/aromatic N) is 1. The maximum absolute atomic E-state index is 14.3. The van der Waals surface area contributed by atoms with Crippen LogP contribution in [0.15, 0.2) is 18.2 Å². The second kappa shape index (κ2) is 5.63. The van der Waals surface area contributed by atoms with E-state index in [2.05, 4.69) is 11.6 Å². The number of carbonyl (C=O) groups excluding carboxylic acids is 1. The van der Waals surface area contributed by atoms with Crippen LogP contribution in [0.1, 0.15) is 29.4 Å².